The van der Waals surface area contributed by atoms with Crippen LogP contribution in [-0.2, 0) is 22.8 Å². The van der Waals surface area contributed by atoms with Crippen LogP contribution >= 0.6 is 0 Å². The molecule has 182 valence electrons. The first-order valence-electron chi connectivity index (χ1n) is 11.6. The van der Waals surface area contributed by atoms with E-state index in [1.165, 1.54) is 12.4 Å². The van der Waals surface area contributed by atoms with E-state index in [9.17, 15) is 18.1 Å². The monoisotopic (exact) mass is 503 g/mol. The molecule has 0 amide bonds. The number of imidazole rings is 1. The zero-order valence-electron chi connectivity index (χ0n) is 19.5. The van der Waals surface area contributed by atoms with Crippen molar-refractivity contribution in [2.45, 2.75) is 36.8 Å². The molecule has 2 aliphatic rings. The lowest BCUT2D eigenvalue weighted by Crippen LogP contribution is -2.10. The van der Waals surface area contributed by atoms with Crippen LogP contribution in [0.2, 0.25) is 0 Å². The summed E-state index contributed by atoms with van der Waals surface area (Å²) in [7, 11) is -3.69. The topological polar surface area (TPSA) is 109 Å². The fraction of sp³-hybridized carbons (Fsp3) is 0.269. The number of halogens is 1. The van der Waals surface area contributed by atoms with Crippen LogP contribution in [0, 0.1) is 17.1 Å². The van der Waals surface area contributed by atoms with Crippen LogP contribution in [0.5, 0.6) is 5.75 Å². The number of hydrogen-bond acceptors (Lipinski definition) is 7. The van der Waals surface area contributed by atoms with Crippen molar-refractivity contribution in [2.75, 3.05) is 18.2 Å². The van der Waals surface area contributed by atoms with Crippen LogP contribution in [0.15, 0.2) is 47.9 Å². The quantitative estimate of drug-likeness (QED) is 0.419. The number of sulfone groups is 1. The first-order valence-corrected chi connectivity index (χ1v) is 13.5. The molecule has 0 bridgehead atoms. The largest absolute Gasteiger partial charge is 0.493 e. The number of pyridine rings is 2. The van der Waals surface area contributed by atoms with Gasteiger partial charge in [0.15, 0.2) is 14.9 Å². The van der Waals surface area contributed by atoms with E-state index in [2.05, 4.69) is 21.4 Å². The molecule has 4 heterocycles. The van der Waals surface area contributed by atoms with Gasteiger partial charge in [0, 0.05) is 59.3 Å². The molecule has 0 radical (unpaired) electrons. The maximum absolute atomic E-state index is 14.7. The first-order chi connectivity index (χ1) is 17.3. The van der Waals surface area contributed by atoms with E-state index in [4.69, 9.17) is 4.74 Å². The van der Waals surface area contributed by atoms with Crippen LogP contribution in [0.3, 0.4) is 0 Å². The molecule has 1 N–H and O–H groups in total. The molecule has 1 aliphatic heterocycles. The van der Waals surface area contributed by atoms with Gasteiger partial charge >= 0.3 is 0 Å². The van der Waals surface area contributed by atoms with Gasteiger partial charge in [-0.25, -0.2) is 17.8 Å². The zero-order chi connectivity index (χ0) is 25.0. The van der Waals surface area contributed by atoms with Crippen molar-refractivity contribution in [3.8, 4) is 22.9 Å². The number of rotatable bonds is 6. The standard InChI is InChI=1S/C26H22FN5O3S/c1-36(33,34)26-24-19(16-4-6-22(29-12-16)15-2-3-15)10-17(11-28)25(32(24)14-31-26)30-13-20-18-8-9-35-23(18)7-5-21(20)27/h4-7,10,12,14-15,30H,2-3,8-9,13H2,1H3. The van der Waals surface area contributed by atoms with Crippen molar-refractivity contribution < 1.29 is 17.5 Å². The van der Waals surface area contributed by atoms with Gasteiger partial charge in [0.1, 0.15) is 29.8 Å². The lowest BCUT2D eigenvalue weighted by atomic mass is 10.0. The Hall–Kier alpha value is -3.97. The molecule has 4 aromatic rings. The number of hydrogen-bond donors (Lipinski definition) is 1. The second kappa shape index (κ2) is 8.31. The average molecular weight is 504 g/mol. The lowest BCUT2D eigenvalue weighted by Gasteiger charge is -2.16. The van der Waals surface area contributed by atoms with Gasteiger partial charge in [0.2, 0.25) is 0 Å². The SMILES string of the molecule is CS(=O)(=O)c1ncn2c(NCc3c(F)ccc4c3CCO4)c(C#N)cc(-c3ccc(C4CC4)nc3)c12. The molecule has 1 fully saturated rings. The highest BCUT2D eigenvalue weighted by Gasteiger charge is 2.27. The Morgan fingerprint density at radius 2 is 2.08 bits per heavy atom. The molecule has 1 saturated carbocycles. The number of ether oxygens (including phenoxy) is 1. The molecule has 8 nitrogen and oxygen atoms in total. The zero-order valence-corrected chi connectivity index (χ0v) is 20.3. The minimum atomic E-state index is -3.69. The molecular formula is C26H22FN5O3S. The highest BCUT2D eigenvalue weighted by Crippen LogP contribution is 2.40. The van der Waals surface area contributed by atoms with Crippen molar-refractivity contribution in [2.24, 2.45) is 0 Å². The van der Waals surface area contributed by atoms with Gasteiger partial charge in [0.25, 0.3) is 0 Å². The van der Waals surface area contributed by atoms with Crippen molar-refractivity contribution in [3.63, 3.8) is 0 Å². The van der Waals surface area contributed by atoms with Crippen LogP contribution in [0.25, 0.3) is 16.6 Å². The lowest BCUT2D eigenvalue weighted by molar-refractivity contribution is 0.356. The first kappa shape index (κ1) is 22.5. The Bertz CT molecular complexity index is 1670. The third-order valence-electron chi connectivity index (χ3n) is 6.71. The minimum Gasteiger partial charge on any atom is -0.493 e. The molecular weight excluding hydrogens is 481 g/mol. The minimum absolute atomic E-state index is 0.0888. The Labute approximate surface area is 207 Å². The molecule has 10 heteroatoms. The molecule has 1 aromatic carbocycles. The van der Waals surface area contributed by atoms with Gasteiger partial charge in [-0.3, -0.25) is 9.38 Å². The third-order valence-corrected chi connectivity index (χ3v) is 7.71. The Morgan fingerprint density at radius 1 is 1.25 bits per heavy atom. The molecule has 0 atom stereocenters. The second-order valence-corrected chi connectivity index (χ2v) is 11.1. The second-order valence-electron chi connectivity index (χ2n) is 9.17. The summed E-state index contributed by atoms with van der Waals surface area (Å²) in [5.74, 6) is 1.09. The summed E-state index contributed by atoms with van der Waals surface area (Å²) in [6, 6.07) is 10.6. The number of benzene rings is 1. The number of nitrogens with zero attached hydrogens (tertiary/aromatic N) is 4. The van der Waals surface area contributed by atoms with E-state index in [-0.39, 0.29) is 23.0 Å². The summed E-state index contributed by atoms with van der Waals surface area (Å²) in [5, 5.41) is 13.1. The number of aromatic nitrogens is 3. The molecule has 36 heavy (non-hydrogen) atoms. The van der Waals surface area contributed by atoms with Gasteiger partial charge in [0.05, 0.1) is 17.7 Å². The Kier molecular flexibility index (Phi) is 5.19. The van der Waals surface area contributed by atoms with Gasteiger partial charge in [-0.1, -0.05) is 6.07 Å². The maximum atomic E-state index is 14.7. The van der Waals surface area contributed by atoms with Crippen molar-refractivity contribution >= 4 is 21.2 Å². The number of nitriles is 1. The van der Waals surface area contributed by atoms with Gasteiger partial charge in [-0.2, -0.15) is 5.26 Å². The highest BCUT2D eigenvalue weighted by molar-refractivity contribution is 7.90. The summed E-state index contributed by atoms with van der Waals surface area (Å²) in [5.41, 5.74) is 4.07. The summed E-state index contributed by atoms with van der Waals surface area (Å²) < 4.78 is 47.1. The number of anilines is 1. The van der Waals surface area contributed by atoms with Crippen molar-refractivity contribution in [1.82, 2.24) is 14.4 Å². The number of fused-ring (bicyclic) bond motifs is 2. The van der Waals surface area contributed by atoms with E-state index in [1.807, 2.05) is 12.1 Å². The average Bonchev–Trinajstić information content (AvgIpc) is 3.42. The molecule has 6 rings (SSSR count). The molecule has 1 aliphatic carbocycles. The number of nitrogens with one attached hydrogen (secondary N) is 1. The normalized spacial score (nSPS) is 14.9. The summed E-state index contributed by atoms with van der Waals surface area (Å²) in [4.78, 5) is 8.75. The van der Waals surface area contributed by atoms with Crippen LogP contribution in [-0.4, -0.2) is 35.6 Å². The molecule has 0 spiro atoms. The predicted molar refractivity (Wildman–Crippen MR) is 131 cm³/mol. The van der Waals surface area contributed by atoms with Crippen molar-refractivity contribution in [3.05, 3.63) is 71.1 Å². The van der Waals surface area contributed by atoms with Crippen LogP contribution < -0.4 is 10.1 Å². The van der Waals surface area contributed by atoms with E-state index in [1.54, 1.807) is 22.7 Å². The summed E-state index contributed by atoms with van der Waals surface area (Å²) in [6.07, 6.45) is 7.01. The van der Waals surface area contributed by atoms with Gasteiger partial charge in [-0.15, -0.1) is 0 Å². The Balaban J connectivity index is 1.49. The molecule has 0 saturated heterocycles. The van der Waals surface area contributed by atoms with Gasteiger partial charge in [-0.05, 0) is 37.1 Å². The van der Waals surface area contributed by atoms with Crippen LogP contribution in [0.4, 0.5) is 10.2 Å². The van der Waals surface area contributed by atoms with E-state index >= 15 is 0 Å². The van der Waals surface area contributed by atoms with E-state index < -0.39 is 9.84 Å². The van der Waals surface area contributed by atoms with Crippen molar-refractivity contribution in [1.29, 1.82) is 5.26 Å². The maximum Gasteiger partial charge on any atom is 0.194 e. The summed E-state index contributed by atoms with van der Waals surface area (Å²) in [6.45, 7) is 0.576. The molecule has 3 aromatic heterocycles. The highest BCUT2D eigenvalue weighted by atomic mass is 32.2. The summed E-state index contributed by atoms with van der Waals surface area (Å²) >= 11 is 0. The van der Waals surface area contributed by atoms with Crippen LogP contribution in [0.1, 0.15) is 41.1 Å². The Morgan fingerprint density at radius 3 is 2.78 bits per heavy atom. The van der Waals surface area contributed by atoms with E-state index in [0.29, 0.717) is 52.7 Å². The predicted octanol–water partition coefficient (Wildman–Crippen LogP) is 4.23. The fourth-order valence-electron chi connectivity index (χ4n) is 4.78. The van der Waals surface area contributed by atoms with E-state index in [0.717, 1.165) is 30.4 Å². The fourth-order valence-corrected chi connectivity index (χ4v) is 5.58. The molecule has 0 unspecified atom stereocenters. The third kappa shape index (κ3) is 3.76. The van der Waals surface area contributed by atoms with Gasteiger partial charge < -0.3 is 10.1 Å². The smallest absolute Gasteiger partial charge is 0.194 e.